The maximum absolute atomic E-state index is 11.6. The van der Waals surface area contributed by atoms with Gasteiger partial charge in [-0.25, -0.2) is 9.59 Å². The quantitative estimate of drug-likeness (QED) is 0.478. The summed E-state index contributed by atoms with van der Waals surface area (Å²) in [7, 11) is 0. The SMILES string of the molecule is O=NNC(C(=O)O)c1cc2ccccc2oc1=O. The topological polar surface area (TPSA) is 109 Å². The lowest BCUT2D eigenvalue weighted by atomic mass is 10.1. The molecule has 0 radical (unpaired) electrons. The van der Waals surface area contributed by atoms with E-state index in [9.17, 15) is 14.5 Å². The highest BCUT2D eigenvalue weighted by Gasteiger charge is 2.24. The van der Waals surface area contributed by atoms with Crippen molar-refractivity contribution in [2.24, 2.45) is 5.29 Å². The standard InChI is InChI=1S/C11H8N2O5/c14-10(15)9(12-13-17)7-5-6-3-1-2-4-8(6)18-11(7)16/h1-5,9H,(H,12,17)(H,14,15). The Morgan fingerprint density at radius 3 is 2.78 bits per heavy atom. The fraction of sp³-hybridized carbons (Fsp3) is 0.0909. The van der Waals surface area contributed by atoms with Crippen molar-refractivity contribution in [3.8, 4) is 0 Å². The Hall–Kier alpha value is -2.70. The molecule has 2 rings (SSSR count). The summed E-state index contributed by atoms with van der Waals surface area (Å²) in [6, 6.07) is 6.48. The first-order valence-electron chi connectivity index (χ1n) is 4.97. The van der Waals surface area contributed by atoms with E-state index in [2.05, 4.69) is 5.29 Å². The molecule has 2 N–H and O–H groups in total. The van der Waals surface area contributed by atoms with Crippen molar-refractivity contribution in [2.45, 2.75) is 6.04 Å². The van der Waals surface area contributed by atoms with E-state index in [1.807, 2.05) is 5.43 Å². The molecular weight excluding hydrogens is 240 g/mol. The molecule has 2 aromatic rings. The van der Waals surface area contributed by atoms with Gasteiger partial charge in [-0.15, -0.1) is 4.91 Å². The van der Waals surface area contributed by atoms with E-state index in [0.29, 0.717) is 11.0 Å². The van der Waals surface area contributed by atoms with Crippen LogP contribution in [0.4, 0.5) is 0 Å². The van der Waals surface area contributed by atoms with Crippen LogP contribution >= 0.6 is 0 Å². The molecule has 0 aliphatic heterocycles. The van der Waals surface area contributed by atoms with Gasteiger partial charge in [0, 0.05) is 5.39 Å². The Labute approximate surface area is 100.0 Å². The number of nitrogens with zero attached hydrogens (tertiary/aromatic N) is 1. The molecule has 0 saturated heterocycles. The van der Waals surface area contributed by atoms with Crippen molar-refractivity contribution >= 4 is 16.9 Å². The Morgan fingerprint density at radius 2 is 2.11 bits per heavy atom. The first-order chi connectivity index (χ1) is 8.63. The second-order valence-corrected chi connectivity index (χ2v) is 3.52. The number of nitroso groups, excluding NO2 is 1. The van der Waals surface area contributed by atoms with E-state index in [-0.39, 0.29) is 5.56 Å². The highest BCUT2D eigenvalue weighted by atomic mass is 16.4. The maximum Gasteiger partial charge on any atom is 0.342 e. The molecule has 1 atom stereocenters. The summed E-state index contributed by atoms with van der Waals surface area (Å²) in [6.07, 6.45) is 0. The number of para-hydroxylation sites is 1. The molecule has 0 fully saturated rings. The zero-order valence-corrected chi connectivity index (χ0v) is 8.99. The average Bonchev–Trinajstić information content (AvgIpc) is 2.35. The smallest absolute Gasteiger partial charge is 0.342 e. The zero-order valence-electron chi connectivity index (χ0n) is 8.99. The summed E-state index contributed by atoms with van der Waals surface area (Å²) in [5.74, 6) is -1.39. The number of rotatable bonds is 4. The van der Waals surface area contributed by atoms with Crippen LogP contribution in [0, 0.1) is 4.91 Å². The molecule has 0 amide bonds. The third-order valence-corrected chi connectivity index (χ3v) is 2.41. The minimum Gasteiger partial charge on any atom is -0.479 e. The van der Waals surface area contributed by atoms with Crippen molar-refractivity contribution < 1.29 is 14.3 Å². The first kappa shape index (κ1) is 11.8. The average molecular weight is 248 g/mol. The summed E-state index contributed by atoms with van der Waals surface area (Å²) >= 11 is 0. The van der Waals surface area contributed by atoms with Gasteiger partial charge in [0.25, 0.3) is 0 Å². The molecule has 1 heterocycles. The zero-order chi connectivity index (χ0) is 13.1. The first-order valence-corrected chi connectivity index (χ1v) is 4.97. The summed E-state index contributed by atoms with van der Waals surface area (Å²) < 4.78 is 4.97. The highest BCUT2D eigenvalue weighted by Crippen LogP contribution is 2.17. The second kappa shape index (κ2) is 4.66. The molecule has 18 heavy (non-hydrogen) atoms. The molecule has 1 aromatic heterocycles. The van der Waals surface area contributed by atoms with Crippen molar-refractivity contribution in [3.05, 3.63) is 51.2 Å². The molecule has 1 aromatic carbocycles. The van der Waals surface area contributed by atoms with Gasteiger partial charge in [-0.2, -0.15) is 0 Å². The van der Waals surface area contributed by atoms with Crippen LogP contribution in [-0.4, -0.2) is 11.1 Å². The van der Waals surface area contributed by atoms with Gasteiger partial charge in [0.2, 0.25) is 0 Å². The normalized spacial score (nSPS) is 12.0. The Kier molecular flexibility index (Phi) is 3.05. The molecule has 0 aliphatic carbocycles. The molecule has 7 nitrogen and oxygen atoms in total. The van der Waals surface area contributed by atoms with Crippen molar-refractivity contribution in [1.29, 1.82) is 0 Å². The number of nitrogens with one attached hydrogen (secondary N) is 1. The predicted molar refractivity (Wildman–Crippen MR) is 61.8 cm³/mol. The van der Waals surface area contributed by atoms with Gasteiger partial charge >= 0.3 is 11.6 Å². The number of hydrogen-bond donors (Lipinski definition) is 2. The van der Waals surface area contributed by atoms with Crippen LogP contribution in [0.2, 0.25) is 0 Å². The third kappa shape index (κ3) is 2.05. The van der Waals surface area contributed by atoms with Gasteiger partial charge in [-0.3, -0.25) is 5.43 Å². The lowest BCUT2D eigenvalue weighted by Gasteiger charge is -2.09. The maximum atomic E-state index is 11.6. The van der Waals surface area contributed by atoms with Crippen LogP contribution in [-0.2, 0) is 4.79 Å². The van der Waals surface area contributed by atoms with E-state index in [1.165, 1.54) is 6.07 Å². The van der Waals surface area contributed by atoms with E-state index >= 15 is 0 Å². The minimum atomic E-state index is -1.52. The van der Waals surface area contributed by atoms with Gasteiger partial charge in [0.1, 0.15) is 5.58 Å². The number of carboxylic acids is 1. The molecule has 0 saturated carbocycles. The van der Waals surface area contributed by atoms with E-state index in [0.717, 1.165) is 0 Å². The van der Waals surface area contributed by atoms with Crippen molar-refractivity contribution in [1.82, 2.24) is 5.43 Å². The number of carboxylic acid groups (broad SMARTS) is 1. The fourth-order valence-corrected chi connectivity index (χ4v) is 1.59. The van der Waals surface area contributed by atoms with E-state index in [4.69, 9.17) is 9.52 Å². The largest absolute Gasteiger partial charge is 0.479 e. The number of hydrogen-bond acceptors (Lipinski definition) is 5. The van der Waals surface area contributed by atoms with Crippen LogP contribution in [0.25, 0.3) is 11.0 Å². The van der Waals surface area contributed by atoms with Gasteiger partial charge < -0.3 is 9.52 Å². The number of carbonyl (C=O) groups is 1. The lowest BCUT2D eigenvalue weighted by molar-refractivity contribution is -0.139. The lowest BCUT2D eigenvalue weighted by Crippen LogP contribution is -2.28. The van der Waals surface area contributed by atoms with Crippen molar-refractivity contribution in [2.75, 3.05) is 0 Å². The van der Waals surface area contributed by atoms with Crippen LogP contribution in [0.1, 0.15) is 11.6 Å². The van der Waals surface area contributed by atoms with Crippen molar-refractivity contribution in [3.63, 3.8) is 0 Å². The molecule has 92 valence electrons. The summed E-state index contributed by atoms with van der Waals surface area (Å²) in [5, 5.41) is 11.8. The molecule has 7 heteroatoms. The van der Waals surface area contributed by atoms with Crippen LogP contribution in [0.15, 0.2) is 44.8 Å². The Morgan fingerprint density at radius 1 is 1.39 bits per heavy atom. The highest BCUT2D eigenvalue weighted by molar-refractivity contribution is 5.80. The fourth-order valence-electron chi connectivity index (χ4n) is 1.59. The monoisotopic (exact) mass is 248 g/mol. The summed E-state index contributed by atoms with van der Waals surface area (Å²) in [4.78, 5) is 32.7. The summed E-state index contributed by atoms with van der Waals surface area (Å²) in [5.41, 5.74) is 1.15. The van der Waals surface area contributed by atoms with Gasteiger partial charge in [0.05, 0.1) is 10.8 Å². The van der Waals surface area contributed by atoms with E-state index in [1.54, 1.807) is 24.3 Å². The Bertz CT molecular complexity index is 664. The number of aliphatic carboxylic acids is 1. The molecular formula is C11H8N2O5. The minimum absolute atomic E-state index is 0.180. The van der Waals surface area contributed by atoms with Gasteiger partial charge in [-0.05, 0) is 12.1 Å². The molecule has 0 bridgehead atoms. The van der Waals surface area contributed by atoms with Crippen LogP contribution in [0.3, 0.4) is 0 Å². The number of fused-ring (bicyclic) bond motifs is 1. The third-order valence-electron chi connectivity index (χ3n) is 2.41. The van der Waals surface area contributed by atoms with Crippen LogP contribution < -0.4 is 11.1 Å². The predicted octanol–water partition coefficient (Wildman–Crippen LogP) is 1.19. The molecule has 0 spiro atoms. The van der Waals surface area contributed by atoms with Crippen LogP contribution in [0.5, 0.6) is 0 Å². The van der Waals surface area contributed by atoms with E-state index < -0.39 is 17.6 Å². The Balaban J connectivity index is 2.62. The van der Waals surface area contributed by atoms with Gasteiger partial charge in [-0.1, -0.05) is 18.2 Å². The molecule has 1 unspecified atom stereocenters. The second-order valence-electron chi connectivity index (χ2n) is 3.52. The summed E-state index contributed by atoms with van der Waals surface area (Å²) in [6.45, 7) is 0. The number of benzene rings is 1. The molecule has 0 aliphatic rings. The van der Waals surface area contributed by atoms with Gasteiger partial charge in [0.15, 0.2) is 6.04 Å².